The lowest BCUT2D eigenvalue weighted by Crippen LogP contribution is -2.20. The normalized spacial score (nSPS) is 12.9. The van der Waals surface area contributed by atoms with E-state index in [2.05, 4.69) is 45.7 Å². The standard InChI is InChI=1S/C22H20N6S/c1-14-15(2)29-21-19(14)20(18-9-5-4-6-10-18)26-27(13-17-8-7-11-23-12-17)22-25-24-16(3)28(21)22/h4-12H,13H2,1-3H3. The molecule has 0 saturated carbocycles. The Kier molecular flexibility index (Phi) is 4.24. The molecule has 0 fully saturated rings. The molecule has 0 atom stereocenters. The molecule has 1 aliphatic rings. The van der Waals surface area contributed by atoms with Gasteiger partial charge in [-0.1, -0.05) is 36.4 Å². The quantitative estimate of drug-likeness (QED) is 0.511. The van der Waals surface area contributed by atoms with Gasteiger partial charge in [-0.15, -0.1) is 21.5 Å². The number of aryl methyl sites for hydroxylation is 2. The Morgan fingerprint density at radius 1 is 0.966 bits per heavy atom. The fourth-order valence-electron chi connectivity index (χ4n) is 3.59. The molecule has 0 bridgehead atoms. The molecule has 5 rings (SSSR count). The van der Waals surface area contributed by atoms with Gasteiger partial charge in [0.15, 0.2) is 0 Å². The molecule has 0 saturated heterocycles. The van der Waals surface area contributed by atoms with Crippen molar-refractivity contribution < 1.29 is 0 Å². The molecule has 0 spiro atoms. The third kappa shape index (κ3) is 2.94. The summed E-state index contributed by atoms with van der Waals surface area (Å²) in [6.45, 7) is 6.87. The van der Waals surface area contributed by atoms with Crippen molar-refractivity contribution in [3.05, 3.63) is 87.8 Å². The van der Waals surface area contributed by atoms with E-state index in [1.807, 2.05) is 48.5 Å². The minimum absolute atomic E-state index is 0.565. The third-order valence-electron chi connectivity index (χ3n) is 5.17. The van der Waals surface area contributed by atoms with E-state index in [1.165, 1.54) is 10.4 Å². The van der Waals surface area contributed by atoms with Crippen LogP contribution in [0.15, 0.2) is 60.0 Å². The van der Waals surface area contributed by atoms with Gasteiger partial charge in [0.2, 0.25) is 0 Å². The van der Waals surface area contributed by atoms with Crippen LogP contribution in [0.2, 0.25) is 0 Å². The molecule has 6 nitrogen and oxygen atoms in total. The molecule has 0 amide bonds. The van der Waals surface area contributed by atoms with Gasteiger partial charge in [0.05, 0.1) is 6.54 Å². The fourth-order valence-corrected chi connectivity index (χ4v) is 4.79. The predicted octanol–water partition coefficient (Wildman–Crippen LogP) is 4.42. The number of hydrogen-bond donors (Lipinski definition) is 0. The molecule has 4 aromatic rings. The smallest absolute Gasteiger partial charge is 0.253 e. The van der Waals surface area contributed by atoms with E-state index in [9.17, 15) is 0 Å². The number of thiophene rings is 1. The molecule has 0 unspecified atom stereocenters. The lowest BCUT2D eigenvalue weighted by atomic mass is 10.00. The second kappa shape index (κ2) is 6.93. The molecule has 1 aromatic carbocycles. The summed E-state index contributed by atoms with van der Waals surface area (Å²) < 4.78 is 2.12. The van der Waals surface area contributed by atoms with Gasteiger partial charge in [0, 0.05) is 28.4 Å². The number of fused-ring (bicyclic) bond motifs is 3. The van der Waals surface area contributed by atoms with Gasteiger partial charge >= 0.3 is 0 Å². The zero-order chi connectivity index (χ0) is 20.0. The molecule has 3 aromatic heterocycles. The van der Waals surface area contributed by atoms with E-state index in [1.54, 1.807) is 17.5 Å². The van der Waals surface area contributed by atoms with Gasteiger partial charge in [-0.05, 0) is 38.0 Å². The number of hydrogen-bond acceptors (Lipinski definition) is 6. The molecule has 1 aliphatic heterocycles. The summed E-state index contributed by atoms with van der Waals surface area (Å²) >= 11 is 1.76. The summed E-state index contributed by atoms with van der Waals surface area (Å²) in [6, 6.07) is 14.3. The monoisotopic (exact) mass is 400 g/mol. The highest BCUT2D eigenvalue weighted by Gasteiger charge is 2.30. The molecule has 29 heavy (non-hydrogen) atoms. The van der Waals surface area contributed by atoms with Crippen LogP contribution >= 0.6 is 11.3 Å². The summed E-state index contributed by atoms with van der Waals surface area (Å²) in [7, 11) is 0. The van der Waals surface area contributed by atoms with Crippen molar-refractivity contribution in [2.24, 2.45) is 5.10 Å². The number of benzene rings is 1. The second-order valence-corrected chi connectivity index (χ2v) is 8.28. The van der Waals surface area contributed by atoms with Gasteiger partial charge in [-0.25, -0.2) is 5.01 Å². The van der Waals surface area contributed by atoms with Gasteiger partial charge < -0.3 is 0 Å². The first kappa shape index (κ1) is 17.8. The maximum absolute atomic E-state index is 5.12. The van der Waals surface area contributed by atoms with E-state index in [0.717, 1.165) is 39.2 Å². The Hall–Kier alpha value is -3.32. The van der Waals surface area contributed by atoms with Crippen LogP contribution in [0.3, 0.4) is 0 Å². The number of aromatic nitrogens is 4. The first-order valence-corrected chi connectivity index (χ1v) is 10.3. The van der Waals surface area contributed by atoms with Crippen molar-refractivity contribution in [3.8, 4) is 5.00 Å². The topological polar surface area (TPSA) is 59.2 Å². The van der Waals surface area contributed by atoms with Crippen LogP contribution in [0.5, 0.6) is 0 Å². The van der Waals surface area contributed by atoms with E-state index < -0.39 is 0 Å². The first-order chi connectivity index (χ1) is 14.1. The predicted molar refractivity (Wildman–Crippen MR) is 116 cm³/mol. The zero-order valence-electron chi connectivity index (χ0n) is 16.5. The van der Waals surface area contributed by atoms with Crippen molar-refractivity contribution in [1.82, 2.24) is 19.7 Å². The number of hydrazone groups is 1. The minimum atomic E-state index is 0.565. The minimum Gasteiger partial charge on any atom is -0.264 e. The van der Waals surface area contributed by atoms with Gasteiger partial charge in [-0.2, -0.15) is 5.10 Å². The Morgan fingerprint density at radius 2 is 1.79 bits per heavy atom. The summed E-state index contributed by atoms with van der Waals surface area (Å²) in [5, 5.41) is 17.0. The van der Waals surface area contributed by atoms with Crippen LogP contribution in [-0.2, 0) is 6.54 Å². The lowest BCUT2D eigenvalue weighted by molar-refractivity contribution is 0.795. The average molecular weight is 401 g/mol. The van der Waals surface area contributed by atoms with Crippen LogP contribution < -0.4 is 5.01 Å². The van der Waals surface area contributed by atoms with Crippen molar-refractivity contribution in [2.45, 2.75) is 27.3 Å². The van der Waals surface area contributed by atoms with Gasteiger partial charge in [-0.3, -0.25) is 9.55 Å². The van der Waals surface area contributed by atoms with E-state index in [-0.39, 0.29) is 0 Å². The summed E-state index contributed by atoms with van der Waals surface area (Å²) in [5.74, 6) is 1.57. The first-order valence-electron chi connectivity index (χ1n) is 9.46. The maximum atomic E-state index is 5.12. The van der Waals surface area contributed by atoms with Crippen molar-refractivity contribution in [2.75, 3.05) is 5.01 Å². The Labute approximate surface area is 173 Å². The largest absolute Gasteiger partial charge is 0.264 e. The average Bonchev–Trinajstić information content (AvgIpc) is 3.22. The number of anilines is 1. The van der Waals surface area contributed by atoms with Gasteiger partial charge in [0.25, 0.3) is 5.95 Å². The van der Waals surface area contributed by atoms with Crippen LogP contribution in [0.1, 0.15) is 33.0 Å². The third-order valence-corrected chi connectivity index (χ3v) is 6.36. The molecular formula is C22H20N6S. The summed E-state index contributed by atoms with van der Waals surface area (Å²) in [4.78, 5) is 5.53. The summed E-state index contributed by atoms with van der Waals surface area (Å²) in [6.07, 6.45) is 3.64. The van der Waals surface area contributed by atoms with Crippen LogP contribution in [0.25, 0.3) is 5.00 Å². The van der Waals surface area contributed by atoms with E-state index >= 15 is 0 Å². The number of rotatable bonds is 3. The molecule has 4 heterocycles. The lowest BCUT2D eigenvalue weighted by Gasteiger charge is -2.17. The Bertz CT molecular complexity index is 1210. The highest BCUT2D eigenvalue weighted by atomic mass is 32.1. The molecule has 0 aliphatic carbocycles. The van der Waals surface area contributed by atoms with Gasteiger partial charge in [0.1, 0.15) is 16.5 Å². The van der Waals surface area contributed by atoms with E-state index in [0.29, 0.717) is 6.54 Å². The van der Waals surface area contributed by atoms with E-state index in [4.69, 9.17) is 5.10 Å². The highest BCUT2D eigenvalue weighted by Crippen LogP contribution is 2.38. The molecule has 144 valence electrons. The van der Waals surface area contributed by atoms with Crippen LogP contribution in [0, 0.1) is 20.8 Å². The molecule has 0 radical (unpaired) electrons. The summed E-state index contributed by atoms with van der Waals surface area (Å²) in [5.41, 5.74) is 5.50. The zero-order valence-corrected chi connectivity index (χ0v) is 17.3. The highest BCUT2D eigenvalue weighted by molar-refractivity contribution is 7.15. The molecular weight excluding hydrogens is 380 g/mol. The fraction of sp³-hybridized carbons (Fsp3) is 0.182. The maximum Gasteiger partial charge on any atom is 0.253 e. The number of pyridine rings is 1. The van der Waals surface area contributed by atoms with Crippen molar-refractivity contribution >= 4 is 23.0 Å². The molecule has 0 N–H and O–H groups in total. The van der Waals surface area contributed by atoms with Crippen molar-refractivity contribution in [1.29, 1.82) is 0 Å². The van der Waals surface area contributed by atoms with Crippen LogP contribution in [0.4, 0.5) is 5.95 Å². The van der Waals surface area contributed by atoms with Crippen LogP contribution in [-0.4, -0.2) is 25.5 Å². The molecule has 7 heteroatoms. The number of nitrogens with zero attached hydrogens (tertiary/aromatic N) is 6. The Morgan fingerprint density at radius 3 is 2.55 bits per heavy atom. The SMILES string of the molecule is Cc1sc2c(c1C)C(c1ccccc1)=NN(Cc1cccnc1)c1nnc(C)n1-2. The van der Waals surface area contributed by atoms with Crippen molar-refractivity contribution in [3.63, 3.8) is 0 Å². The Balaban J connectivity index is 1.77. The second-order valence-electron chi connectivity index (χ2n) is 7.08.